The number of amides is 2. The second-order valence-electron chi connectivity index (χ2n) is 7.01. The summed E-state index contributed by atoms with van der Waals surface area (Å²) in [7, 11) is 0. The van der Waals surface area contributed by atoms with Crippen LogP contribution in [-0.2, 0) is 16.0 Å². The summed E-state index contributed by atoms with van der Waals surface area (Å²) < 4.78 is 18.7. The molecule has 0 saturated carbocycles. The Morgan fingerprint density at radius 1 is 1.15 bits per heavy atom. The molecule has 0 aliphatic carbocycles. The maximum absolute atomic E-state index is 12.9. The van der Waals surface area contributed by atoms with E-state index in [2.05, 4.69) is 5.32 Å². The van der Waals surface area contributed by atoms with Gasteiger partial charge in [-0.15, -0.1) is 0 Å². The van der Waals surface area contributed by atoms with Crippen LogP contribution in [0.3, 0.4) is 0 Å². The minimum Gasteiger partial charge on any atom is -0.476 e. The minimum atomic E-state index is -0.965. The molecule has 2 aromatic carbocycles. The van der Waals surface area contributed by atoms with Gasteiger partial charge in [-0.2, -0.15) is 0 Å². The standard InChI is InChI=1S/C21H23FN2O3/c1-21(2)20(26)24(17-5-3-4-6-18(17)27-21)14-12-19(25)23-13-11-15-7-9-16(22)10-8-15/h3-10H,11-14H2,1-2H3,(H,23,25). The van der Waals surface area contributed by atoms with E-state index in [0.29, 0.717) is 24.4 Å². The molecule has 3 rings (SSSR count). The highest BCUT2D eigenvalue weighted by molar-refractivity contribution is 6.02. The number of hydrogen-bond donors (Lipinski definition) is 1. The average molecular weight is 370 g/mol. The Bertz CT molecular complexity index is 834. The van der Waals surface area contributed by atoms with Crippen LogP contribution in [0.2, 0.25) is 0 Å². The minimum absolute atomic E-state index is 0.133. The predicted octanol–water partition coefficient (Wildman–Crippen LogP) is 3.08. The number of benzene rings is 2. The van der Waals surface area contributed by atoms with Gasteiger partial charge < -0.3 is 15.0 Å². The molecular formula is C21H23FN2O3. The molecule has 0 atom stereocenters. The number of nitrogens with zero attached hydrogens (tertiary/aromatic N) is 1. The Kier molecular flexibility index (Phi) is 5.44. The molecule has 1 aliphatic rings. The molecule has 0 fully saturated rings. The van der Waals surface area contributed by atoms with Crippen LogP contribution >= 0.6 is 0 Å². The van der Waals surface area contributed by atoms with Crippen molar-refractivity contribution in [2.75, 3.05) is 18.0 Å². The van der Waals surface area contributed by atoms with Crippen LogP contribution < -0.4 is 15.0 Å². The van der Waals surface area contributed by atoms with Crippen LogP contribution in [0.4, 0.5) is 10.1 Å². The summed E-state index contributed by atoms with van der Waals surface area (Å²) in [6.07, 6.45) is 0.817. The highest BCUT2D eigenvalue weighted by atomic mass is 19.1. The van der Waals surface area contributed by atoms with Gasteiger partial charge in [-0.3, -0.25) is 9.59 Å². The first-order valence-corrected chi connectivity index (χ1v) is 8.98. The molecular weight excluding hydrogens is 347 g/mol. The molecule has 2 aromatic rings. The number of carbonyl (C=O) groups is 2. The number of halogens is 1. The fourth-order valence-electron chi connectivity index (χ4n) is 3.04. The summed E-state index contributed by atoms with van der Waals surface area (Å²) in [4.78, 5) is 26.5. The summed E-state index contributed by atoms with van der Waals surface area (Å²) in [5.74, 6) is 0.0620. The number of carbonyl (C=O) groups excluding carboxylic acids is 2. The van der Waals surface area contributed by atoms with Gasteiger partial charge in [-0.25, -0.2) is 4.39 Å². The molecule has 0 radical (unpaired) electrons. The number of hydrogen-bond acceptors (Lipinski definition) is 3. The molecule has 0 aromatic heterocycles. The van der Waals surface area contributed by atoms with Crippen molar-refractivity contribution in [3.8, 4) is 5.75 Å². The van der Waals surface area contributed by atoms with Gasteiger partial charge in [-0.05, 0) is 50.1 Å². The quantitative estimate of drug-likeness (QED) is 0.850. The topological polar surface area (TPSA) is 58.6 Å². The van der Waals surface area contributed by atoms with Crippen molar-refractivity contribution in [2.45, 2.75) is 32.3 Å². The number of para-hydroxylation sites is 2. The van der Waals surface area contributed by atoms with E-state index in [1.807, 2.05) is 24.3 Å². The highest BCUT2D eigenvalue weighted by Crippen LogP contribution is 2.37. The summed E-state index contributed by atoms with van der Waals surface area (Å²) >= 11 is 0. The van der Waals surface area contributed by atoms with Gasteiger partial charge in [0.1, 0.15) is 11.6 Å². The van der Waals surface area contributed by atoms with Gasteiger partial charge in [0.2, 0.25) is 5.91 Å². The number of fused-ring (bicyclic) bond motifs is 1. The zero-order chi connectivity index (χ0) is 19.4. The largest absolute Gasteiger partial charge is 0.476 e. The van der Waals surface area contributed by atoms with E-state index in [1.54, 1.807) is 30.9 Å². The van der Waals surface area contributed by atoms with Gasteiger partial charge in [-0.1, -0.05) is 24.3 Å². The molecule has 2 amide bonds. The Morgan fingerprint density at radius 2 is 1.85 bits per heavy atom. The first-order chi connectivity index (χ1) is 12.9. The van der Waals surface area contributed by atoms with Crippen LogP contribution in [0, 0.1) is 5.82 Å². The second-order valence-corrected chi connectivity index (χ2v) is 7.01. The zero-order valence-electron chi connectivity index (χ0n) is 15.5. The lowest BCUT2D eigenvalue weighted by Crippen LogP contribution is -2.53. The highest BCUT2D eigenvalue weighted by Gasteiger charge is 2.40. The molecule has 1 aliphatic heterocycles. The molecule has 1 heterocycles. The van der Waals surface area contributed by atoms with Crippen molar-refractivity contribution < 1.29 is 18.7 Å². The lowest BCUT2D eigenvalue weighted by atomic mass is 10.0. The van der Waals surface area contributed by atoms with E-state index in [-0.39, 0.29) is 30.6 Å². The van der Waals surface area contributed by atoms with Gasteiger partial charge >= 0.3 is 0 Å². The number of nitrogens with one attached hydrogen (secondary N) is 1. The first-order valence-electron chi connectivity index (χ1n) is 8.98. The summed E-state index contributed by atoms with van der Waals surface area (Å²) in [6.45, 7) is 4.19. The van der Waals surface area contributed by atoms with Crippen LogP contribution in [0.5, 0.6) is 5.75 Å². The van der Waals surface area contributed by atoms with Crippen molar-refractivity contribution >= 4 is 17.5 Å². The maximum Gasteiger partial charge on any atom is 0.270 e. The van der Waals surface area contributed by atoms with E-state index in [1.165, 1.54) is 12.1 Å². The van der Waals surface area contributed by atoms with Gasteiger partial charge in [0, 0.05) is 19.5 Å². The molecule has 6 heteroatoms. The third-order valence-corrected chi connectivity index (χ3v) is 4.49. The van der Waals surface area contributed by atoms with E-state index in [4.69, 9.17) is 4.74 Å². The van der Waals surface area contributed by atoms with Gasteiger partial charge in [0.05, 0.1) is 5.69 Å². The van der Waals surface area contributed by atoms with Gasteiger partial charge in [0.15, 0.2) is 5.60 Å². The molecule has 1 N–H and O–H groups in total. The maximum atomic E-state index is 12.9. The fraction of sp³-hybridized carbons (Fsp3) is 0.333. The van der Waals surface area contributed by atoms with E-state index in [9.17, 15) is 14.0 Å². The summed E-state index contributed by atoms with van der Waals surface area (Å²) in [5.41, 5.74) is 0.671. The first kappa shape index (κ1) is 18.9. The molecule has 142 valence electrons. The molecule has 0 bridgehead atoms. The van der Waals surface area contributed by atoms with E-state index >= 15 is 0 Å². The molecule has 5 nitrogen and oxygen atoms in total. The Balaban J connectivity index is 1.55. The van der Waals surface area contributed by atoms with E-state index < -0.39 is 5.60 Å². The zero-order valence-corrected chi connectivity index (χ0v) is 15.5. The summed E-state index contributed by atoms with van der Waals surface area (Å²) in [6, 6.07) is 13.5. The Labute approximate surface area is 158 Å². The number of ether oxygens (including phenoxy) is 1. The van der Waals surface area contributed by atoms with Crippen LogP contribution in [0.15, 0.2) is 48.5 Å². The van der Waals surface area contributed by atoms with Crippen molar-refractivity contribution in [1.29, 1.82) is 0 Å². The Morgan fingerprint density at radius 3 is 2.59 bits per heavy atom. The van der Waals surface area contributed by atoms with Crippen LogP contribution in [0.1, 0.15) is 25.8 Å². The van der Waals surface area contributed by atoms with Crippen LogP contribution in [0.25, 0.3) is 0 Å². The van der Waals surface area contributed by atoms with Crippen molar-refractivity contribution in [3.63, 3.8) is 0 Å². The second kappa shape index (κ2) is 7.78. The number of rotatable bonds is 6. The van der Waals surface area contributed by atoms with E-state index in [0.717, 1.165) is 5.56 Å². The predicted molar refractivity (Wildman–Crippen MR) is 101 cm³/mol. The normalized spacial score (nSPS) is 15.1. The molecule has 0 spiro atoms. The fourth-order valence-corrected chi connectivity index (χ4v) is 3.04. The summed E-state index contributed by atoms with van der Waals surface area (Å²) in [5, 5.41) is 2.84. The third kappa shape index (κ3) is 4.45. The average Bonchev–Trinajstić information content (AvgIpc) is 2.63. The van der Waals surface area contributed by atoms with Gasteiger partial charge in [0.25, 0.3) is 5.91 Å². The Hall–Kier alpha value is -2.89. The molecule has 0 saturated heterocycles. The van der Waals surface area contributed by atoms with Crippen molar-refractivity contribution in [1.82, 2.24) is 5.32 Å². The molecule has 0 unspecified atom stereocenters. The monoisotopic (exact) mass is 370 g/mol. The smallest absolute Gasteiger partial charge is 0.270 e. The third-order valence-electron chi connectivity index (χ3n) is 4.49. The van der Waals surface area contributed by atoms with Crippen molar-refractivity contribution in [3.05, 3.63) is 59.9 Å². The molecule has 27 heavy (non-hydrogen) atoms. The SMILES string of the molecule is CC1(C)Oc2ccccc2N(CCC(=O)NCCc2ccc(F)cc2)C1=O. The van der Waals surface area contributed by atoms with Crippen molar-refractivity contribution in [2.24, 2.45) is 0 Å². The van der Waals surface area contributed by atoms with Crippen LogP contribution in [-0.4, -0.2) is 30.5 Å². The number of anilines is 1. The lowest BCUT2D eigenvalue weighted by Gasteiger charge is -2.38. The lowest BCUT2D eigenvalue weighted by molar-refractivity contribution is -0.132.